The fraction of sp³-hybridized carbons (Fsp3) is 0.500. The topological polar surface area (TPSA) is 68.6 Å². The lowest BCUT2D eigenvalue weighted by Gasteiger charge is -2.32. The average molecular weight is 350 g/mol. The summed E-state index contributed by atoms with van der Waals surface area (Å²) in [5.41, 5.74) is 4.28. The number of hydrogen-bond acceptors (Lipinski definition) is 6. The van der Waals surface area contributed by atoms with Crippen LogP contribution in [0.2, 0.25) is 0 Å². The molecule has 1 fully saturated rings. The maximum Gasteiger partial charge on any atom is 0.426 e. The molecule has 1 saturated heterocycles. The minimum absolute atomic E-state index is 0.508. The number of morpholine rings is 1. The van der Waals surface area contributed by atoms with Crippen LogP contribution >= 0.6 is 11.8 Å². The van der Waals surface area contributed by atoms with Gasteiger partial charge in [-0.3, -0.25) is 4.90 Å². The van der Waals surface area contributed by atoms with Crippen LogP contribution in [0.4, 0.5) is 4.79 Å². The highest BCUT2D eigenvalue weighted by molar-refractivity contribution is 7.99. The number of nitrogens with zero attached hydrogens (tertiary/aromatic N) is 3. The molecular formula is C16H22N4O3S. The van der Waals surface area contributed by atoms with Crippen LogP contribution in [0.25, 0.3) is 11.0 Å². The second-order valence-electron chi connectivity index (χ2n) is 5.68. The summed E-state index contributed by atoms with van der Waals surface area (Å²) >= 11 is 1.82. The van der Waals surface area contributed by atoms with E-state index in [0.717, 1.165) is 43.1 Å². The number of fused-ring (bicyclic) bond motifs is 1. The van der Waals surface area contributed by atoms with E-state index in [1.807, 2.05) is 23.9 Å². The van der Waals surface area contributed by atoms with Crippen LogP contribution in [-0.2, 0) is 9.47 Å². The highest BCUT2D eigenvalue weighted by Crippen LogP contribution is 2.24. The molecule has 1 atom stereocenters. The zero-order valence-electron chi connectivity index (χ0n) is 13.9. The maximum absolute atomic E-state index is 11.3. The Morgan fingerprint density at radius 2 is 2.25 bits per heavy atom. The van der Waals surface area contributed by atoms with Crippen LogP contribution in [0.1, 0.15) is 6.92 Å². The van der Waals surface area contributed by atoms with Gasteiger partial charge in [0.2, 0.25) is 0 Å². The van der Waals surface area contributed by atoms with Crippen molar-refractivity contribution in [2.45, 2.75) is 17.9 Å². The number of ether oxygens (including phenoxy) is 2. The highest BCUT2D eigenvalue weighted by Gasteiger charge is 2.17. The normalized spacial score (nSPS) is 16.9. The number of amides is 1. The molecule has 1 amide bonds. The molecule has 130 valence electrons. The molecule has 1 aromatic carbocycles. The standard InChI is InChI=1S/C16H22N4O3S/c1-12(19-5-7-23-8-6-19)10-24-13-3-4-15-14(9-13)17-11-20(15)18-16(21)22-2/h3-4,9,11-12H,5-8,10H2,1-2H3,(H,18,21). The first kappa shape index (κ1) is 17.1. The third-order valence-electron chi connectivity index (χ3n) is 4.08. The van der Waals surface area contributed by atoms with E-state index < -0.39 is 6.09 Å². The Morgan fingerprint density at radius 3 is 3.00 bits per heavy atom. The van der Waals surface area contributed by atoms with Crippen molar-refractivity contribution in [3.8, 4) is 0 Å². The SMILES string of the molecule is COC(=O)Nn1cnc2cc(SCC(C)N3CCOCC3)ccc21. The van der Waals surface area contributed by atoms with Gasteiger partial charge in [-0.2, -0.15) is 0 Å². The predicted molar refractivity (Wildman–Crippen MR) is 94.1 cm³/mol. The molecule has 1 unspecified atom stereocenters. The van der Waals surface area contributed by atoms with Crippen molar-refractivity contribution < 1.29 is 14.3 Å². The summed E-state index contributed by atoms with van der Waals surface area (Å²) in [4.78, 5) is 19.3. The number of methoxy groups -OCH3 is 1. The zero-order chi connectivity index (χ0) is 16.9. The predicted octanol–water partition coefficient (Wildman–Crippen LogP) is 2.16. The molecule has 3 rings (SSSR count). The molecule has 0 aliphatic carbocycles. The van der Waals surface area contributed by atoms with E-state index in [1.54, 1.807) is 11.0 Å². The van der Waals surface area contributed by atoms with Gasteiger partial charge >= 0.3 is 6.09 Å². The van der Waals surface area contributed by atoms with Crippen LogP contribution in [0.15, 0.2) is 29.4 Å². The Bertz CT molecular complexity index is 700. The summed E-state index contributed by atoms with van der Waals surface area (Å²) in [6.07, 6.45) is 1.05. The molecule has 1 aromatic heterocycles. The monoisotopic (exact) mass is 350 g/mol. The van der Waals surface area contributed by atoms with E-state index in [9.17, 15) is 4.79 Å². The zero-order valence-corrected chi connectivity index (χ0v) is 14.7. The molecule has 0 saturated carbocycles. The molecule has 1 N–H and O–H groups in total. The van der Waals surface area contributed by atoms with Crippen molar-refractivity contribution in [3.63, 3.8) is 0 Å². The van der Waals surface area contributed by atoms with Crippen LogP contribution in [0.5, 0.6) is 0 Å². The number of aromatic nitrogens is 2. The van der Waals surface area contributed by atoms with E-state index in [-0.39, 0.29) is 0 Å². The number of carbonyl (C=O) groups excluding carboxylic acids is 1. The largest absolute Gasteiger partial charge is 0.452 e. The first-order chi connectivity index (χ1) is 11.7. The average Bonchev–Trinajstić information content (AvgIpc) is 3.02. The lowest BCUT2D eigenvalue weighted by Crippen LogP contribution is -2.43. The van der Waals surface area contributed by atoms with Gasteiger partial charge in [0.15, 0.2) is 0 Å². The Balaban J connectivity index is 1.62. The van der Waals surface area contributed by atoms with Gasteiger partial charge in [-0.15, -0.1) is 11.8 Å². The van der Waals surface area contributed by atoms with Crippen LogP contribution in [-0.4, -0.2) is 65.9 Å². The molecule has 1 aliphatic heterocycles. The van der Waals surface area contributed by atoms with Crippen molar-refractivity contribution in [2.75, 3.05) is 44.6 Å². The van der Waals surface area contributed by atoms with Crippen LogP contribution < -0.4 is 5.43 Å². The van der Waals surface area contributed by atoms with Crippen LogP contribution in [0.3, 0.4) is 0 Å². The molecule has 0 radical (unpaired) electrons. The van der Waals surface area contributed by atoms with Gasteiger partial charge in [0.05, 0.1) is 31.4 Å². The van der Waals surface area contributed by atoms with Gasteiger partial charge in [-0.05, 0) is 25.1 Å². The molecule has 8 heteroatoms. The smallest absolute Gasteiger partial charge is 0.426 e. The quantitative estimate of drug-likeness (QED) is 0.834. The lowest BCUT2D eigenvalue weighted by molar-refractivity contribution is 0.0246. The van der Waals surface area contributed by atoms with E-state index in [0.29, 0.717) is 6.04 Å². The number of carbonyl (C=O) groups is 1. The Kier molecular flexibility index (Phi) is 5.60. The first-order valence-electron chi connectivity index (χ1n) is 7.94. The van der Waals surface area contributed by atoms with Gasteiger partial charge < -0.3 is 9.47 Å². The molecule has 1 aliphatic rings. The summed E-state index contributed by atoms with van der Waals surface area (Å²) in [5.74, 6) is 1.02. The van der Waals surface area contributed by atoms with Gasteiger partial charge in [0.25, 0.3) is 0 Å². The number of nitrogens with one attached hydrogen (secondary N) is 1. The van der Waals surface area contributed by atoms with E-state index in [2.05, 4.69) is 33.0 Å². The summed E-state index contributed by atoms with van der Waals surface area (Å²) in [6, 6.07) is 6.56. The molecule has 2 aromatic rings. The minimum Gasteiger partial charge on any atom is -0.452 e. The van der Waals surface area contributed by atoms with Crippen LogP contribution in [0, 0.1) is 0 Å². The fourth-order valence-electron chi connectivity index (χ4n) is 2.66. The third kappa shape index (κ3) is 4.00. The van der Waals surface area contributed by atoms with Crippen molar-refractivity contribution in [1.82, 2.24) is 14.6 Å². The molecule has 2 heterocycles. The van der Waals surface area contributed by atoms with E-state index in [1.165, 1.54) is 12.0 Å². The molecule has 0 spiro atoms. The third-order valence-corrected chi connectivity index (χ3v) is 5.31. The minimum atomic E-state index is -0.521. The second kappa shape index (κ2) is 7.87. The molecule has 0 bridgehead atoms. The van der Waals surface area contributed by atoms with Gasteiger partial charge in [-0.25, -0.2) is 19.9 Å². The Labute approximate surface area is 145 Å². The summed E-state index contributed by atoms with van der Waals surface area (Å²) < 4.78 is 11.6. The summed E-state index contributed by atoms with van der Waals surface area (Å²) in [6.45, 7) is 5.91. The molecule has 7 nitrogen and oxygen atoms in total. The number of benzene rings is 1. The summed E-state index contributed by atoms with van der Waals surface area (Å²) in [7, 11) is 1.33. The maximum atomic E-state index is 11.3. The second-order valence-corrected chi connectivity index (χ2v) is 6.77. The van der Waals surface area contributed by atoms with Gasteiger partial charge in [-0.1, -0.05) is 0 Å². The van der Waals surface area contributed by atoms with Crippen molar-refractivity contribution in [3.05, 3.63) is 24.5 Å². The fourth-order valence-corrected chi connectivity index (χ4v) is 3.66. The molecular weight excluding hydrogens is 328 g/mol. The van der Waals surface area contributed by atoms with Crippen molar-refractivity contribution in [2.24, 2.45) is 0 Å². The lowest BCUT2D eigenvalue weighted by atomic mass is 10.3. The Morgan fingerprint density at radius 1 is 1.46 bits per heavy atom. The number of rotatable bonds is 5. The number of imidazole rings is 1. The first-order valence-corrected chi connectivity index (χ1v) is 8.92. The van der Waals surface area contributed by atoms with Gasteiger partial charge in [0, 0.05) is 29.8 Å². The van der Waals surface area contributed by atoms with Crippen molar-refractivity contribution in [1.29, 1.82) is 0 Å². The highest BCUT2D eigenvalue weighted by atomic mass is 32.2. The van der Waals surface area contributed by atoms with E-state index >= 15 is 0 Å². The number of thioether (sulfide) groups is 1. The molecule has 24 heavy (non-hydrogen) atoms. The summed E-state index contributed by atoms with van der Waals surface area (Å²) in [5, 5.41) is 0. The van der Waals surface area contributed by atoms with Crippen molar-refractivity contribution >= 4 is 28.9 Å². The Hall–Kier alpha value is -1.77. The van der Waals surface area contributed by atoms with E-state index in [4.69, 9.17) is 4.74 Å². The van der Waals surface area contributed by atoms with Gasteiger partial charge in [0.1, 0.15) is 6.33 Å². The number of hydrogen-bond donors (Lipinski definition) is 1.